The van der Waals surface area contributed by atoms with Gasteiger partial charge in [-0.2, -0.15) is 13.8 Å². The van der Waals surface area contributed by atoms with Crippen molar-refractivity contribution in [1.29, 1.82) is 0 Å². The molecular formula is C29H33F2N7O3. The van der Waals surface area contributed by atoms with Crippen LogP contribution in [0.4, 0.5) is 26.1 Å². The maximum absolute atomic E-state index is 12.7. The second-order valence-electron chi connectivity index (χ2n) is 10.6. The Morgan fingerprint density at radius 1 is 1.05 bits per heavy atom. The minimum atomic E-state index is -2.99. The van der Waals surface area contributed by atoms with E-state index in [-0.39, 0.29) is 19.2 Å². The molecule has 3 fully saturated rings. The first-order valence-corrected chi connectivity index (χ1v) is 13.9. The molecule has 0 aliphatic carbocycles. The van der Waals surface area contributed by atoms with Gasteiger partial charge < -0.3 is 24.6 Å². The van der Waals surface area contributed by atoms with E-state index in [2.05, 4.69) is 42.2 Å². The van der Waals surface area contributed by atoms with Gasteiger partial charge in [-0.25, -0.2) is 9.97 Å². The third kappa shape index (κ3) is 6.23. The number of nitrogens with zero attached hydrogens (tertiary/aromatic N) is 6. The second kappa shape index (κ2) is 11.9. The van der Waals surface area contributed by atoms with Gasteiger partial charge in [-0.05, 0) is 55.0 Å². The highest BCUT2D eigenvalue weighted by atomic mass is 19.3. The van der Waals surface area contributed by atoms with Crippen LogP contribution in [-0.2, 0) is 9.53 Å². The third-order valence-corrected chi connectivity index (χ3v) is 7.88. The molecule has 3 aliphatic rings. The van der Waals surface area contributed by atoms with Gasteiger partial charge in [0.1, 0.15) is 18.2 Å². The molecule has 216 valence electrons. The number of halogens is 2. The normalized spacial score (nSPS) is 19.9. The molecule has 10 nitrogen and oxygen atoms in total. The topological polar surface area (TPSA) is 96.0 Å². The van der Waals surface area contributed by atoms with E-state index in [4.69, 9.17) is 9.47 Å². The molecule has 12 heteroatoms. The molecule has 1 aromatic heterocycles. The first-order chi connectivity index (χ1) is 19.9. The predicted octanol–water partition coefficient (Wildman–Crippen LogP) is 3.36. The lowest BCUT2D eigenvalue weighted by Crippen LogP contribution is -2.56. The SMILES string of the molecule is Cc1cc(-c2ncnc(Nc3ccc(N4CCN(C5COC5)CC4)cc3)n2)ccc1O[C@@H]1CCN(C(=O)C(F)F)C1. The highest BCUT2D eigenvalue weighted by Gasteiger charge is 2.32. The molecule has 41 heavy (non-hydrogen) atoms. The molecule has 0 unspecified atom stereocenters. The quantitative estimate of drug-likeness (QED) is 0.441. The number of amides is 1. The number of rotatable bonds is 8. The number of nitrogens with one attached hydrogen (secondary N) is 1. The van der Waals surface area contributed by atoms with Gasteiger partial charge in [0.05, 0.1) is 25.8 Å². The Labute approximate surface area is 237 Å². The Kier molecular flexibility index (Phi) is 7.93. The summed E-state index contributed by atoms with van der Waals surface area (Å²) < 4.78 is 36.8. The monoisotopic (exact) mass is 565 g/mol. The summed E-state index contributed by atoms with van der Waals surface area (Å²) in [5, 5.41) is 3.26. The maximum atomic E-state index is 12.7. The number of hydrogen-bond donors (Lipinski definition) is 1. The Balaban J connectivity index is 1.05. The van der Waals surface area contributed by atoms with Crippen LogP contribution in [0.3, 0.4) is 0 Å². The van der Waals surface area contributed by atoms with Crippen LogP contribution in [0.15, 0.2) is 48.8 Å². The number of aryl methyl sites for hydroxylation is 1. The summed E-state index contributed by atoms with van der Waals surface area (Å²) in [4.78, 5) is 30.9. The maximum Gasteiger partial charge on any atom is 0.315 e. The van der Waals surface area contributed by atoms with Crippen LogP contribution in [0, 0.1) is 6.92 Å². The van der Waals surface area contributed by atoms with Crippen LogP contribution in [0.1, 0.15) is 12.0 Å². The Bertz CT molecular complexity index is 1360. The number of ether oxygens (including phenoxy) is 2. The van der Waals surface area contributed by atoms with Gasteiger partial charge in [0, 0.05) is 56.1 Å². The van der Waals surface area contributed by atoms with Crippen molar-refractivity contribution in [2.24, 2.45) is 0 Å². The molecule has 0 radical (unpaired) electrons. The molecular weight excluding hydrogens is 532 g/mol. The lowest BCUT2D eigenvalue weighted by atomic mass is 10.1. The summed E-state index contributed by atoms with van der Waals surface area (Å²) in [7, 11) is 0. The average Bonchev–Trinajstić information content (AvgIpc) is 3.42. The van der Waals surface area contributed by atoms with Crippen LogP contribution >= 0.6 is 0 Å². The zero-order valence-electron chi connectivity index (χ0n) is 22.9. The van der Waals surface area contributed by atoms with E-state index in [1.165, 1.54) is 12.0 Å². The number of alkyl halides is 2. The van der Waals surface area contributed by atoms with Crippen LogP contribution in [0.5, 0.6) is 5.75 Å². The van der Waals surface area contributed by atoms with Gasteiger partial charge >= 0.3 is 6.43 Å². The summed E-state index contributed by atoms with van der Waals surface area (Å²) in [5.41, 5.74) is 3.73. The van der Waals surface area contributed by atoms with Crippen LogP contribution in [0.2, 0.25) is 0 Å². The first-order valence-electron chi connectivity index (χ1n) is 13.9. The van der Waals surface area contributed by atoms with Gasteiger partial charge in [-0.15, -0.1) is 0 Å². The average molecular weight is 566 g/mol. The number of carbonyl (C=O) groups excluding carboxylic acids is 1. The third-order valence-electron chi connectivity index (χ3n) is 7.88. The van der Waals surface area contributed by atoms with Crippen LogP contribution in [-0.4, -0.2) is 102 Å². The van der Waals surface area contributed by atoms with Crippen molar-refractivity contribution < 1.29 is 23.0 Å². The first kappa shape index (κ1) is 27.3. The van der Waals surface area contributed by atoms with Crippen molar-refractivity contribution in [3.8, 4) is 17.1 Å². The van der Waals surface area contributed by atoms with E-state index in [0.29, 0.717) is 30.0 Å². The number of hydrogen-bond acceptors (Lipinski definition) is 9. The number of anilines is 3. The highest BCUT2D eigenvalue weighted by Crippen LogP contribution is 2.28. The number of piperazine rings is 1. The number of carbonyl (C=O) groups is 1. The fourth-order valence-electron chi connectivity index (χ4n) is 5.42. The Morgan fingerprint density at radius 2 is 1.83 bits per heavy atom. The largest absolute Gasteiger partial charge is 0.488 e. The molecule has 0 saturated carbocycles. The summed E-state index contributed by atoms with van der Waals surface area (Å²) in [6, 6.07) is 14.5. The van der Waals surface area contributed by atoms with Gasteiger partial charge in [-0.1, -0.05) is 0 Å². The van der Waals surface area contributed by atoms with E-state index in [1.54, 1.807) is 0 Å². The standard InChI is InChI=1S/C29H33F2N7O3/c1-19-14-20(2-7-25(19)41-24-8-9-38(15-24)28(39)26(30)31)27-32-18-33-29(35-27)34-21-3-5-22(6-4-21)36-10-12-37(13-11-36)23-16-40-17-23/h2-7,14,18,23-24,26H,8-13,15-17H2,1H3,(H,32,33,34,35)/t24-/m1/s1. The Hall–Kier alpha value is -3.90. The fourth-order valence-corrected chi connectivity index (χ4v) is 5.42. The summed E-state index contributed by atoms with van der Waals surface area (Å²) in [6.45, 7) is 8.14. The molecule has 6 rings (SSSR count). The van der Waals surface area contributed by atoms with Crippen molar-refractivity contribution in [1.82, 2.24) is 24.8 Å². The van der Waals surface area contributed by atoms with Gasteiger partial charge in [0.15, 0.2) is 5.82 Å². The molecule has 4 heterocycles. The molecule has 3 aliphatic heterocycles. The molecule has 3 saturated heterocycles. The number of likely N-dealkylation sites (tertiary alicyclic amines) is 1. The van der Waals surface area contributed by atoms with E-state index in [9.17, 15) is 13.6 Å². The van der Waals surface area contributed by atoms with Crippen molar-refractivity contribution >= 4 is 23.2 Å². The molecule has 1 atom stereocenters. The lowest BCUT2D eigenvalue weighted by Gasteiger charge is -2.43. The molecule has 0 bridgehead atoms. The van der Waals surface area contributed by atoms with Crippen LogP contribution < -0.4 is 15.0 Å². The number of benzene rings is 2. The van der Waals surface area contributed by atoms with E-state index in [0.717, 1.165) is 61.1 Å². The summed E-state index contributed by atoms with van der Waals surface area (Å²) in [6.07, 6.45) is -1.34. The van der Waals surface area contributed by atoms with Crippen molar-refractivity contribution in [3.63, 3.8) is 0 Å². The minimum absolute atomic E-state index is 0.154. The van der Waals surface area contributed by atoms with Gasteiger partial charge in [0.25, 0.3) is 5.91 Å². The lowest BCUT2D eigenvalue weighted by molar-refractivity contribution is -0.141. The second-order valence-corrected chi connectivity index (χ2v) is 10.6. The summed E-state index contributed by atoms with van der Waals surface area (Å²) >= 11 is 0. The molecule has 1 N–H and O–H groups in total. The molecule has 2 aromatic carbocycles. The van der Waals surface area contributed by atoms with E-state index in [1.807, 2.05) is 37.3 Å². The van der Waals surface area contributed by atoms with Gasteiger partial charge in [0.2, 0.25) is 5.95 Å². The molecule has 3 aromatic rings. The van der Waals surface area contributed by atoms with Crippen molar-refractivity contribution in [2.75, 3.05) is 62.7 Å². The molecule has 1 amide bonds. The van der Waals surface area contributed by atoms with E-state index >= 15 is 0 Å². The smallest absolute Gasteiger partial charge is 0.315 e. The van der Waals surface area contributed by atoms with E-state index < -0.39 is 12.3 Å². The zero-order chi connectivity index (χ0) is 28.3. The Morgan fingerprint density at radius 3 is 2.51 bits per heavy atom. The summed E-state index contributed by atoms with van der Waals surface area (Å²) in [5.74, 6) is 0.438. The molecule has 0 spiro atoms. The predicted molar refractivity (Wildman–Crippen MR) is 150 cm³/mol. The zero-order valence-corrected chi connectivity index (χ0v) is 22.9. The van der Waals surface area contributed by atoms with Crippen molar-refractivity contribution in [3.05, 3.63) is 54.4 Å². The highest BCUT2D eigenvalue weighted by molar-refractivity contribution is 5.79. The van der Waals surface area contributed by atoms with Crippen molar-refractivity contribution in [2.45, 2.75) is 31.9 Å². The number of aromatic nitrogens is 3. The fraction of sp³-hybridized carbons (Fsp3) is 0.448. The van der Waals surface area contributed by atoms with Gasteiger partial charge in [-0.3, -0.25) is 9.69 Å². The minimum Gasteiger partial charge on any atom is -0.488 e. The van der Waals surface area contributed by atoms with Crippen LogP contribution in [0.25, 0.3) is 11.4 Å².